The zero-order chi connectivity index (χ0) is 10.0. The summed E-state index contributed by atoms with van der Waals surface area (Å²) in [5.74, 6) is 1.12. The molecule has 0 unspecified atom stereocenters. The number of nitrogens with zero attached hydrogens (tertiary/aromatic N) is 2. The van der Waals surface area contributed by atoms with E-state index >= 15 is 0 Å². The normalized spacial score (nSPS) is 24.9. The smallest absolute Gasteiger partial charge is 0.220 e. The van der Waals surface area contributed by atoms with Gasteiger partial charge < -0.3 is 16.4 Å². The number of hydrogen-bond acceptors (Lipinski definition) is 5. The maximum atomic E-state index is 5.69. The lowest BCUT2D eigenvalue weighted by Crippen LogP contribution is -2.55. The second kappa shape index (κ2) is 3.48. The zero-order valence-electron chi connectivity index (χ0n) is 8.51. The molecule has 0 aromatic heterocycles. The molecule has 0 bridgehead atoms. The molecule has 1 aliphatic heterocycles. The summed E-state index contributed by atoms with van der Waals surface area (Å²) in [6, 6.07) is 0. The summed E-state index contributed by atoms with van der Waals surface area (Å²) in [7, 11) is 1.83. The van der Waals surface area contributed by atoms with Crippen LogP contribution in [0.4, 0.5) is 0 Å². The molecule has 1 heterocycles. The molecular weight excluding hydrogens is 178 g/mol. The third-order valence-corrected chi connectivity index (χ3v) is 2.82. The third kappa shape index (κ3) is 1.66. The van der Waals surface area contributed by atoms with Crippen LogP contribution in [0.5, 0.6) is 0 Å². The summed E-state index contributed by atoms with van der Waals surface area (Å²) in [6.07, 6.45) is 5.81. The van der Waals surface area contributed by atoms with Gasteiger partial charge >= 0.3 is 0 Å². The molecular formula is C9H17N5. The van der Waals surface area contributed by atoms with Crippen molar-refractivity contribution in [2.75, 3.05) is 7.05 Å². The summed E-state index contributed by atoms with van der Waals surface area (Å²) >= 11 is 0. The molecule has 1 spiro atoms. The van der Waals surface area contributed by atoms with Crippen molar-refractivity contribution in [1.82, 2.24) is 10.6 Å². The number of guanidine groups is 2. The molecule has 14 heavy (non-hydrogen) atoms. The van der Waals surface area contributed by atoms with Crippen LogP contribution in [-0.4, -0.2) is 24.6 Å². The largest absolute Gasteiger partial charge is 0.368 e. The van der Waals surface area contributed by atoms with E-state index in [1.54, 1.807) is 0 Å². The summed E-state index contributed by atoms with van der Waals surface area (Å²) < 4.78 is 0. The van der Waals surface area contributed by atoms with E-state index in [0.29, 0.717) is 5.96 Å². The van der Waals surface area contributed by atoms with Crippen LogP contribution in [0.3, 0.4) is 0 Å². The molecule has 0 aromatic carbocycles. The van der Waals surface area contributed by atoms with Crippen LogP contribution in [0.25, 0.3) is 0 Å². The molecule has 1 saturated carbocycles. The Kier molecular flexibility index (Phi) is 2.31. The predicted octanol–water partition coefficient (Wildman–Crippen LogP) is 0.140. The number of hydrogen-bond donors (Lipinski definition) is 3. The quantitative estimate of drug-likeness (QED) is 0.514. The van der Waals surface area contributed by atoms with Crippen LogP contribution in [0.15, 0.2) is 9.98 Å². The number of nitrogens with two attached hydrogens (primary N) is 1. The van der Waals surface area contributed by atoms with Crippen LogP contribution in [0.2, 0.25) is 0 Å². The Morgan fingerprint density at radius 1 is 1.36 bits per heavy atom. The van der Waals surface area contributed by atoms with Crippen molar-refractivity contribution in [3.63, 3.8) is 0 Å². The Bertz CT molecular complexity index is 275. The van der Waals surface area contributed by atoms with Crippen molar-refractivity contribution in [3.05, 3.63) is 0 Å². The molecule has 0 saturated heterocycles. The van der Waals surface area contributed by atoms with Crippen LogP contribution >= 0.6 is 0 Å². The monoisotopic (exact) mass is 195 g/mol. The van der Waals surface area contributed by atoms with Gasteiger partial charge in [-0.1, -0.05) is 6.42 Å². The highest BCUT2D eigenvalue weighted by atomic mass is 15.3. The maximum Gasteiger partial charge on any atom is 0.220 e. The van der Waals surface area contributed by atoms with Crippen molar-refractivity contribution in [1.29, 1.82) is 0 Å². The van der Waals surface area contributed by atoms with E-state index in [-0.39, 0.29) is 5.66 Å². The first kappa shape index (κ1) is 9.30. The zero-order valence-corrected chi connectivity index (χ0v) is 8.51. The fourth-order valence-electron chi connectivity index (χ4n) is 2.13. The highest BCUT2D eigenvalue weighted by Crippen LogP contribution is 2.30. The summed E-state index contributed by atoms with van der Waals surface area (Å²) in [5, 5.41) is 6.30. The molecule has 0 atom stereocenters. The molecule has 2 aliphatic rings. The molecule has 5 heteroatoms. The SMILES string of the molecule is CNC1=NC(N)=NC2(CCCCC2)N1. The molecule has 78 valence electrons. The first-order valence-electron chi connectivity index (χ1n) is 5.14. The van der Waals surface area contributed by atoms with Gasteiger partial charge in [-0.3, -0.25) is 0 Å². The maximum absolute atomic E-state index is 5.69. The van der Waals surface area contributed by atoms with E-state index in [0.717, 1.165) is 18.8 Å². The van der Waals surface area contributed by atoms with E-state index < -0.39 is 0 Å². The van der Waals surface area contributed by atoms with Gasteiger partial charge in [0.1, 0.15) is 5.66 Å². The number of aliphatic imine (C=N–C) groups is 2. The van der Waals surface area contributed by atoms with Crippen LogP contribution < -0.4 is 16.4 Å². The number of nitrogens with one attached hydrogen (secondary N) is 2. The van der Waals surface area contributed by atoms with E-state index in [1.165, 1.54) is 19.3 Å². The van der Waals surface area contributed by atoms with E-state index in [2.05, 4.69) is 20.6 Å². The van der Waals surface area contributed by atoms with Gasteiger partial charge in [0.25, 0.3) is 0 Å². The van der Waals surface area contributed by atoms with E-state index in [4.69, 9.17) is 5.73 Å². The Hall–Kier alpha value is -1.26. The fourth-order valence-corrected chi connectivity index (χ4v) is 2.13. The number of rotatable bonds is 0. The fraction of sp³-hybridized carbons (Fsp3) is 0.778. The average Bonchev–Trinajstić information content (AvgIpc) is 2.17. The standard InChI is InChI=1S/C9H17N5/c1-11-8-12-7(10)13-9(14-8)5-3-2-4-6-9/h2-6H2,1H3,(H4,10,11,12,13,14). The summed E-state index contributed by atoms with van der Waals surface area (Å²) in [6.45, 7) is 0. The van der Waals surface area contributed by atoms with E-state index in [1.807, 2.05) is 7.05 Å². The first-order valence-corrected chi connectivity index (χ1v) is 5.14. The molecule has 1 aliphatic carbocycles. The lowest BCUT2D eigenvalue weighted by molar-refractivity contribution is 0.272. The van der Waals surface area contributed by atoms with Crippen molar-refractivity contribution in [2.45, 2.75) is 37.8 Å². The topological polar surface area (TPSA) is 74.8 Å². The van der Waals surface area contributed by atoms with Crippen LogP contribution in [0, 0.1) is 0 Å². The van der Waals surface area contributed by atoms with Gasteiger partial charge in [-0.05, 0) is 25.7 Å². The van der Waals surface area contributed by atoms with Gasteiger partial charge in [-0.15, -0.1) is 0 Å². The Balaban J connectivity index is 2.18. The molecule has 4 N–H and O–H groups in total. The van der Waals surface area contributed by atoms with Gasteiger partial charge in [0, 0.05) is 7.05 Å². The molecule has 0 radical (unpaired) electrons. The average molecular weight is 195 g/mol. The second-order valence-electron chi connectivity index (χ2n) is 3.90. The third-order valence-electron chi connectivity index (χ3n) is 2.82. The van der Waals surface area contributed by atoms with Crippen molar-refractivity contribution >= 4 is 11.9 Å². The molecule has 1 fully saturated rings. The summed E-state index contributed by atoms with van der Waals surface area (Å²) in [5.41, 5.74) is 5.51. The molecule has 0 aromatic rings. The Morgan fingerprint density at radius 3 is 2.71 bits per heavy atom. The minimum absolute atomic E-state index is 0.178. The second-order valence-corrected chi connectivity index (χ2v) is 3.90. The van der Waals surface area contributed by atoms with Gasteiger partial charge in [0.05, 0.1) is 0 Å². The molecule has 2 rings (SSSR count). The highest BCUT2D eigenvalue weighted by Gasteiger charge is 2.34. The predicted molar refractivity (Wildman–Crippen MR) is 57.1 cm³/mol. The minimum atomic E-state index is -0.178. The van der Waals surface area contributed by atoms with Crippen LogP contribution in [0.1, 0.15) is 32.1 Å². The van der Waals surface area contributed by atoms with Gasteiger partial charge in [-0.2, -0.15) is 4.99 Å². The van der Waals surface area contributed by atoms with E-state index in [9.17, 15) is 0 Å². The lowest BCUT2D eigenvalue weighted by Gasteiger charge is -2.37. The lowest BCUT2D eigenvalue weighted by atomic mass is 9.89. The Labute approximate surface area is 83.9 Å². The van der Waals surface area contributed by atoms with Crippen molar-refractivity contribution in [3.8, 4) is 0 Å². The molecule has 0 amide bonds. The highest BCUT2D eigenvalue weighted by molar-refractivity contribution is 5.96. The van der Waals surface area contributed by atoms with Gasteiger partial charge in [0.2, 0.25) is 11.9 Å². The minimum Gasteiger partial charge on any atom is -0.368 e. The first-order chi connectivity index (χ1) is 6.74. The summed E-state index contributed by atoms with van der Waals surface area (Å²) in [4.78, 5) is 8.50. The van der Waals surface area contributed by atoms with Crippen LogP contribution in [-0.2, 0) is 0 Å². The van der Waals surface area contributed by atoms with Crippen molar-refractivity contribution < 1.29 is 0 Å². The van der Waals surface area contributed by atoms with Gasteiger partial charge in [0.15, 0.2) is 0 Å². The van der Waals surface area contributed by atoms with Gasteiger partial charge in [-0.25, -0.2) is 4.99 Å². The van der Waals surface area contributed by atoms with Crippen molar-refractivity contribution in [2.24, 2.45) is 15.7 Å². The molecule has 5 nitrogen and oxygen atoms in total. The Morgan fingerprint density at radius 2 is 2.07 bits per heavy atom.